The smallest absolute Gasteiger partial charge is 0.166 e. The Morgan fingerprint density at radius 3 is 1.83 bits per heavy atom. The highest BCUT2D eigenvalue weighted by Crippen LogP contribution is 2.66. The summed E-state index contributed by atoms with van der Waals surface area (Å²) in [6, 6.07) is 35.3. The van der Waals surface area contributed by atoms with Gasteiger partial charge in [-0.05, 0) is 53.1 Å². The van der Waals surface area contributed by atoms with Crippen LogP contribution in [0.3, 0.4) is 0 Å². The summed E-state index contributed by atoms with van der Waals surface area (Å²) in [6.45, 7) is 0. The van der Waals surface area contributed by atoms with E-state index in [1.165, 1.54) is 28.1 Å². The summed E-state index contributed by atoms with van der Waals surface area (Å²) in [5.41, 5.74) is 3.45. The largest absolute Gasteiger partial charge is 0.416 e. The third-order valence-corrected chi connectivity index (χ3v) is 10.4. The maximum atomic E-state index is 13.3. The molecule has 0 spiro atoms. The molecule has 0 amide bonds. The SMILES string of the molecule is FC(F)(F)c1ccc(C=C2CCCP(c3ccccc3)C2(c2ccccc2)c2ccccc2)c(Cl)c1. The van der Waals surface area contributed by atoms with Crippen molar-refractivity contribution in [2.75, 3.05) is 6.16 Å². The Hall–Kier alpha value is -2.87. The molecule has 1 saturated heterocycles. The minimum atomic E-state index is -4.43. The maximum absolute atomic E-state index is 13.3. The molecule has 4 aromatic carbocycles. The zero-order valence-corrected chi connectivity index (χ0v) is 21.2. The van der Waals surface area contributed by atoms with Crippen molar-refractivity contribution in [3.63, 3.8) is 0 Å². The molecule has 1 aliphatic heterocycles. The summed E-state index contributed by atoms with van der Waals surface area (Å²) < 4.78 is 39.9. The van der Waals surface area contributed by atoms with E-state index in [0.717, 1.165) is 31.1 Å². The highest BCUT2D eigenvalue weighted by atomic mass is 35.5. The van der Waals surface area contributed by atoms with E-state index in [-0.39, 0.29) is 5.02 Å². The molecule has 0 N–H and O–H groups in total. The molecule has 1 aliphatic rings. The van der Waals surface area contributed by atoms with Gasteiger partial charge in [-0.15, -0.1) is 0 Å². The monoisotopic (exact) mass is 520 g/mol. The van der Waals surface area contributed by atoms with Gasteiger partial charge in [0, 0.05) is 5.02 Å². The van der Waals surface area contributed by atoms with E-state index in [9.17, 15) is 13.2 Å². The second-order valence-corrected chi connectivity index (χ2v) is 11.8. The highest BCUT2D eigenvalue weighted by Gasteiger charge is 2.47. The van der Waals surface area contributed by atoms with Gasteiger partial charge >= 0.3 is 6.18 Å². The van der Waals surface area contributed by atoms with Crippen LogP contribution in [-0.4, -0.2) is 6.16 Å². The van der Waals surface area contributed by atoms with Gasteiger partial charge in [0.15, 0.2) is 0 Å². The summed E-state index contributed by atoms with van der Waals surface area (Å²) in [4.78, 5) is 0. The van der Waals surface area contributed by atoms with Crippen molar-refractivity contribution in [2.24, 2.45) is 0 Å². The first-order valence-electron chi connectivity index (χ1n) is 11.9. The highest BCUT2D eigenvalue weighted by molar-refractivity contribution is 7.67. The van der Waals surface area contributed by atoms with Gasteiger partial charge in [-0.25, -0.2) is 0 Å². The second-order valence-electron chi connectivity index (χ2n) is 8.94. The topological polar surface area (TPSA) is 0 Å². The first-order valence-corrected chi connectivity index (χ1v) is 13.8. The lowest BCUT2D eigenvalue weighted by Gasteiger charge is -2.48. The van der Waals surface area contributed by atoms with Gasteiger partial charge in [-0.1, -0.05) is 128 Å². The lowest BCUT2D eigenvalue weighted by atomic mass is 9.80. The Balaban J connectivity index is 1.79. The molecule has 1 unspecified atom stereocenters. The van der Waals surface area contributed by atoms with E-state index in [1.54, 1.807) is 0 Å². The summed E-state index contributed by atoms with van der Waals surface area (Å²) in [7, 11) is -0.728. The minimum Gasteiger partial charge on any atom is -0.166 e. The van der Waals surface area contributed by atoms with Crippen LogP contribution < -0.4 is 5.30 Å². The molecule has 4 aromatic rings. The first kappa shape index (κ1) is 24.8. The molecule has 1 heterocycles. The van der Waals surface area contributed by atoms with Crippen LogP contribution in [-0.2, 0) is 11.3 Å². The summed E-state index contributed by atoms with van der Waals surface area (Å²) in [5, 5.41) is 0.995. The standard InChI is InChI=1S/C31H25ClF3P/c32-29-22-27(31(33,34)35)19-18-23(29)21-26-15-10-20-36(28-16-8-3-9-17-28)30(26,24-11-4-1-5-12-24)25-13-6-2-7-14-25/h1-9,11-14,16-19,21-22H,10,15,20H2. The van der Waals surface area contributed by atoms with Crippen LogP contribution in [0.2, 0.25) is 5.02 Å². The molecule has 5 rings (SSSR count). The van der Waals surface area contributed by atoms with Crippen molar-refractivity contribution in [3.8, 4) is 0 Å². The molecule has 36 heavy (non-hydrogen) atoms. The van der Waals surface area contributed by atoms with E-state index in [0.29, 0.717) is 5.56 Å². The number of rotatable bonds is 4. The third kappa shape index (κ3) is 4.63. The van der Waals surface area contributed by atoms with Crippen molar-refractivity contribution >= 4 is 30.9 Å². The van der Waals surface area contributed by atoms with Crippen LogP contribution in [0.25, 0.3) is 6.08 Å². The van der Waals surface area contributed by atoms with Crippen LogP contribution in [0.5, 0.6) is 0 Å². The summed E-state index contributed by atoms with van der Waals surface area (Å²) >= 11 is 6.45. The van der Waals surface area contributed by atoms with Gasteiger partial charge in [0.2, 0.25) is 0 Å². The molecule has 5 heteroatoms. The van der Waals surface area contributed by atoms with E-state index >= 15 is 0 Å². The lowest BCUT2D eigenvalue weighted by Crippen LogP contribution is -2.36. The maximum Gasteiger partial charge on any atom is 0.416 e. The van der Waals surface area contributed by atoms with Crippen LogP contribution in [0.15, 0.2) is 115 Å². The predicted octanol–water partition coefficient (Wildman–Crippen LogP) is 9.29. The molecular formula is C31H25ClF3P. The molecule has 1 atom stereocenters. The minimum absolute atomic E-state index is 0.113. The molecular weight excluding hydrogens is 496 g/mol. The Morgan fingerprint density at radius 1 is 0.750 bits per heavy atom. The summed E-state index contributed by atoms with van der Waals surface area (Å²) in [6.07, 6.45) is 0.514. The number of alkyl halides is 3. The van der Waals surface area contributed by atoms with Crippen LogP contribution >= 0.6 is 19.5 Å². The van der Waals surface area contributed by atoms with Crippen molar-refractivity contribution in [1.29, 1.82) is 0 Å². The Kier molecular flexibility index (Phi) is 7.06. The predicted molar refractivity (Wildman–Crippen MR) is 145 cm³/mol. The second kappa shape index (κ2) is 10.2. The Morgan fingerprint density at radius 2 is 1.31 bits per heavy atom. The van der Waals surface area contributed by atoms with Gasteiger partial charge in [-0.3, -0.25) is 0 Å². The van der Waals surface area contributed by atoms with Gasteiger partial charge in [0.05, 0.1) is 10.7 Å². The number of benzene rings is 4. The van der Waals surface area contributed by atoms with Gasteiger partial charge < -0.3 is 0 Å². The van der Waals surface area contributed by atoms with Gasteiger partial charge in [0.25, 0.3) is 0 Å². The third-order valence-electron chi connectivity index (χ3n) is 6.81. The van der Waals surface area contributed by atoms with Crippen LogP contribution in [0.4, 0.5) is 13.2 Å². The van der Waals surface area contributed by atoms with Gasteiger partial charge in [0.1, 0.15) is 0 Å². The fourth-order valence-corrected chi connectivity index (χ4v) is 8.94. The molecule has 0 radical (unpaired) electrons. The fraction of sp³-hybridized carbons (Fsp3) is 0.161. The molecule has 0 bridgehead atoms. The molecule has 182 valence electrons. The zero-order chi connectivity index (χ0) is 25.2. The number of halogens is 4. The normalized spacial score (nSPS) is 18.8. The Bertz CT molecular complexity index is 1310. The van der Waals surface area contributed by atoms with E-state index in [1.807, 2.05) is 24.3 Å². The first-order chi connectivity index (χ1) is 17.4. The van der Waals surface area contributed by atoms with E-state index in [2.05, 4.69) is 72.8 Å². The molecule has 0 aromatic heterocycles. The molecule has 0 saturated carbocycles. The lowest BCUT2D eigenvalue weighted by molar-refractivity contribution is -0.137. The van der Waals surface area contributed by atoms with Crippen molar-refractivity contribution in [1.82, 2.24) is 0 Å². The molecule has 0 nitrogen and oxygen atoms in total. The van der Waals surface area contributed by atoms with Crippen molar-refractivity contribution in [3.05, 3.63) is 142 Å². The number of allylic oxidation sites excluding steroid dienone is 1. The molecule has 0 aliphatic carbocycles. The average Bonchev–Trinajstić information content (AvgIpc) is 2.90. The van der Waals surface area contributed by atoms with E-state index < -0.39 is 24.8 Å². The number of hydrogen-bond acceptors (Lipinski definition) is 0. The molecule has 1 fully saturated rings. The fourth-order valence-electron chi connectivity index (χ4n) is 5.27. The van der Waals surface area contributed by atoms with Crippen LogP contribution in [0.1, 0.15) is 35.1 Å². The quantitative estimate of drug-likeness (QED) is 0.235. The summed E-state index contributed by atoms with van der Waals surface area (Å²) in [5.74, 6) is 0. The average molecular weight is 521 g/mol. The van der Waals surface area contributed by atoms with Crippen molar-refractivity contribution in [2.45, 2.75) is 24.2 Å². The van der Waals surface area contributed by atoms with Gasteiger partial charge in [-0.2, -0.15) is 13.2 Å². The zero-order valence-electron chi connectivity index (χ0n) is 19.6. The van der Waals surface area contributed by atoms with Crippen LogP contribution in [0, 0.1) is 0 Å². The van der Waals surface area contributed by atoms with E-state index in [4.69, 9.17) is 11.6 Å². The number of hydrogen-bond donors (Lipinski definition) is 0. The van der Waals surface area contributed by atoms with Crippen molar-refractivity contribution < 1.29 is 13.2 Å². The Labute approximate surface area is 216 Å².